The molecule has 0 spiro atoms. The Bertz CT molecular complexity index is 1450. The second-order valence-corrected chi connectivity index (χ2v) is 15.2. The van der Waals surface area contributed by atoms with E-state index in [-0.39, 0.29) is 11.9 Å². The molecule has 0 bridgehead atoms. The van der Waals surface area contributed by atoms with Crippen molar-refractivity contribution in [2.24, 2.45) is 0 Å². The van der Waals surface area contributed by atoms with Gasteiger partial charge in [-0.2, -0.15) is 0 Å². The molecule has 0 aliphatic rings. The van der Waals surface area contributed by atoms with Gasteiger partial charge >= 0.3 is 11.9 Å². The molecule has 0 aromatic heterocycles. The molecule has 8 nitrogen and oxygen atoms in total. The Morgan fingerprint density at radius 2 is 0.807 bits per heavy atom. The Morgan fingerprint density at radius 1 is 0.456 bits per heavy atom. The van der Waals surface area contributed by atoms with E-state index in [1.54, 1.807) is 24.3 Å². The summed E-state index contributed by atoms with van der Waals surface area (Å²) in [5.41, 5.74) is 3.15. The minimum atomic E-state index is -0.352. The van der Waals surface area contributed by atoms with Crippen LogP contribution in [0.4, 0.5) is 5.69 Å². The van der Waals surface area contributed by atoms with E-state index in [0.717, 1.165) is 73.6 Å². The van der Waals surface area contributed by atoms with Gasteiger partial charge < -0.3 is 28.6 Å². The monoisotopic (exact) mass is 788 g/mol. The highest BCUT2D eigenvalue weighted by molar-refractivity contribution is 5.90. The van der Waals surface area contributed by atoms with Gasteiger partial charge in [0.15, 0.2) is 0 Å². The maximum absolute atomic E-state index is 12.0. The third-order valence-electron chi connectivity index (χ3n) is 10.4. The number of unbranched alkanes of at least 4 members (excludes halogenated alkanes) is 17. The normalized spacial score (nSPS) is 10.9. The number of methoxy groups -OCH3 is 2. The largest absolute Gasteiger partial charge is 0.493 e. The summed E-state index contributed by atoms with van der Waals surface area (Å²) in [7, 11) is 2.78. The number of benzene rings is 3. The summed E-state index contributed by atoms with van der Waals surface area (Å²) < 4.78 is 28.5. The highest BCUT2D eigenvalue weighted by Crippen LogP contribution is 2.29. The van der Waals surface area contributed by atoms with E-state index in [9.17, 15) is 9.59 Å². The van der Waals surface area contributed by atoms with Gasteiger partial charge in [-0.1, -0.05) is 129 Å². The van der Waals surface area contributed by atoms with Crippen LogP contribution in [-0.2, 0) is 16.0 Å². The smallest absolute Gasteiger partial charge is 0.337 e. The van der Waals surface area contributed by atoms with E-state index in [0.29, 0.717) is 37.5 Å². The lowest BCUT2D eigenvalue weighted by Crippen LogP contribution is -2.24. The Balaban J connectivity index is 1.49. The minimum absolute atomic E-state index is 0.348. The fraction of sp³-hybridized carbons (Fsp3) is 0.592. The van der Waals surface area contributed by atoms with E-state index < -0.39 is 0 Å². The second kappa shape index (κ2) is 30.0. The maximum Gasteiger partial charge on any atom is 0.337 e. The molecule has 0 N–H and O–H groups in total. The minimum Gasteiger partial charge on any atom is -0.493 e. The molecular weight excluding hydrogens is 715 g/mol. The maximum atomic E-state index is 12.0. The lowest BCUT2D eigenvalue weighted by atomic mass is 10.1. The molecule has 0 atom stereocenters. The lowest BCUT2D eigenvalue weighted by Gasteiger charge is -2.25. The summed E-state index contributed by atoms with van der Waals surface area (Å²) >= 11 is 0. The summed E-state index contributed by atoms with van der Waals surface area (Å²) in [5, 5.41) is 0. The number of hydrogen-bond donors (Lipinski definition) is 0. The second-order valence-electron chi connectivity index (χ2n) is 15.2. The fourth-order valence-corrected chi connectivity index (χ4v) is 6.91. The molecule has 3 rings (SSSR count). The van der Waals surface area contributed by atoms with Crippen molar-refractivity contribution >= 4 is 17.6 Å². The van der Waals surface area contributed by atoms with Crippen LogP contribution < -0.4 is 19.1 Å². The van der Waals surface area contributed by atoms with Crippen LogP contribution in [0.2, 0.25) is 0 Å². The standard InChI is InChI=1S/C49H73NO7/c1-5-7-9-11-13-15-18-22-34-55-45-37-46(56-35-23-19-16-14-12-10-8-6-2)39-47(38-45)57-36-24-20-17-21-33-50(44-31-29-43(30-32-44)49(52)54-4)40-41-25-27-42(28-26-41)48(51)53-3/h25-32,37-39H,5-24,33-36,40H2,1-4H3. The molecule has 57 heavy (non-hydrogen) atoms. The average Bonchev–Trinajstić information content (AvgIpc) is 3.24. The molecule has 0 saturated heterocycles. The van der Waals surface area contributed by atoms with Gasteiger partial charge in [-0.05, 0) is 67.6 Å². The highest BCUT2D eigenvalue weighted by atomic mass is 16.5. The summed E-state index contributed by atoms with van der Waals surface area (Å²) in [6, 6.07) is 21.1. The van der Waals surface area contributed by atoms with E-state index in [1.807, 2.05) is 42.5 Å². The third kappa shape index (κ3) is 20.2. The number of anilines is 1. The molecule has 0 amide bonds. The van der Waals surface area contributed by atoms with Gasteiger partial charge in [-0.15, -0.1) is 0 Å². The first-order chi connectivity index (χ1) is 28.0. The van der Waals surface area contributed by atoms with Crippen molar-refractivity contribution in [3.63, 3.8) is 0 Å². The van der Waals surface area contributed by atoms with Gasteiger partial charge in [-0.25, -0.2) is 9.59 Å². The van der Waals surface area contributed by atoms with Gasteiger partial charge in [0.05, 0.1) is 45.2 Å². The number of ether oxygens (including phenoxy) is 5. The van der Waals surface area contributed by atoms with E-state index in [4.69, 9.17) is 23.7 Å². The Morgan fingerprint density at radius 3 is 1.19 bits per heavy atom. The zero-order valence-corrected chi connectivity index (χ0v) is 35.8. The van der Waals surface area contributed by atoms with Crippen molar-refractivity contribution in [1.29, 1.82) is 0 Å². The topological polar surface area (TPSA) is 83.5 Å². The molecule has 8 heteroatoms. The van der Waals surface area contributed by atoms with Crippen LogP contribution in [0.15, 0.2) is 66.7 Å². The first-order valence-corrected chi connectivity index (χ1v) is 22.1. The zero-order valence-electron chi connectivity index (χ0n) is 35.8. The number of carbonyl (C=O) groups excluding carboxylic acids is 2. The molecule has 0 heterocycles. The summed E-state index contributed by atoms with van der Waals surface area (Å²) in [6.45, 7) is 8.09. The summed E-state index contributed by atoms with van der Waals surface area (Å²) in [4.78, 5) is 26.3. The Kier molecular flexibility index (Phi) is 24.8. The average molecular weight is 788 g/mol. The molecule has 3 aromatic rings. The predicted molar refractivity (Wildman–Crippen MR) is 233 cm³/mol. The van der Waals surface area contributed by atoms with Crippen molar-refractivity contribution in [3.8, 4) is 17.2 Å². The van der Waals surface area contributed by atoms with Gasteiger partial charge in [0, 0.05) is 37.0 Å². The van der Waals surface area contributed by atoms with Crippen LogP contribution >= 0.6 is 0 Å². The molecule has 316 valence electrons. The predicted octanol–water partition coefficient (Wildman–Crippen LogP) is 12.9. The Labute approximate surface area is 345 Å². The molecule has 0 aliphatic heterocycles. The van der Waals surface area contributed by atoms with E-state index >= 15 is 0 Å². The van der Waals surface area contributed by atoms with Crippen molar-refractivity contribution in [2.45, 2.75) is 149 Å². The summed E-state index contributed by atoms with van der Waals surface area (Å²) in [5.74, 6) is 1.74. The zero-order chi connectivity index (χ0) is 40.8. The lowest BCUT2D eigenvalue weighted by molar-refractivity contribution is 0.0592. The van der Waals surface area contributed by atoms with Crippen LogP contribution in [0.3, 0.4) is 0 Å². The molecule has 0 radical (unpaired) electrons. The molecule has 0 unspecified atom stereocenters. The summed E-state index contributed by atoms with van der Waals surface area (Å²) in [6.07, 6.45) is 24.4. The number of esters is 2. The molecule has 0 saturated carbocycles. The van der Waals surface area contributed by atoms with Gasteiger partial charge in [0.25, 0.3) is 0 Å². The van der Waals surface area contributed by atoms with Crippen LogP contribution in [0.1, 0.15) is 169 Å². The van der Waals surface area contributed by atoms with Gasteiger partial charge in [-0.3, -0.25) is 0 Å². The van der Waals surface area contributed by atoms with Crippen LogP contribution in [0, 0.1) is 0 Å². The molecule has 3 aromatic carbocycles. The first-order valence-electron chi connectivity index (χ1n) is 22.1. The molecular formula is C49H73NO7. The van der Waals surface area contributed by atoms with Crippen LogP contribution in [-0.4, -0.2) is 52.5 Å². The Hall–Kier alpha value is -4.20. The highest BCUT2D eigenvalue weighted by Gasteiger charge is 2.12. The third-order valence-corrected chi connectivity index (χ3v) is 10.4. The molecule has 0 aliphatic carbocycles. The fourth-order valence-electron chi connectivity index (χ4n) is 6.91. The van der Waals surface area contributed by atoms with E-state index in [2.05, 4.69) is 18.7 Å². The number of carbonyl (C=O) groups is 2. The van der Waals surface area contributed by atoms with Crippen LogP contribution in [0.5, 0.6) is 17.2 Å². The van der Waals surface area contributed by atoms with Crippen molar-refractivity contribution in [3.05, 3.63) is 83.4 Å². The molecule has 0 fully saturated rings. The number of nitrogens with zero attached hydrogens (tertiary/aromatic N) is 1. The quantitative estimate of drug-likeness (QED) is 0.0446. The van der Waals surface area contributed by atoms with E-state index in [1.165, 1.54) is 104 Å². The number of hydrogen-bond acceptors (Lipinski definition) is 8. The van der Waals surface area contributed by atoms with Gasteiger partial charge in [0.2, 0.25) is 0 Å². The van der Waals surface area contributed by atoms with Crippen molar-refractivity contribution in [1.82, 2.24) is 0 Å². The number of rotatable bonds is 33. The SMILES string of the molecule is CCCCCCCCCCOc1cc(OCCCCCCCCCC)cc(OCCCCCCN(Cc2ccc(C(=O)OC)cc2)c2ccc(C(=O)OC)cc2)c1. The van der Waals surface area contributed by atoms with Gasteiger partial charge in [0.1, 0.15) is 17.2 Å². The van der Waals surface area contributed by atoms with Crippen LogP contribution in [0.25, 0.3) is 0 Å². The van der Waals surface area contributed by atoms with Crippen molar-refractivity contribution < 1.29 is 33.3 Å². The first kappa shape index (κ1) is 47.2. The van der Waals surface area contributed by atoms with Crippen molar-refractivity contribution in [2.75, 3.05) is 45.5 Å².